The summed E-state index contributed by atoms with van der Waals surface area (Å²) < 4.78 is 5.74. The van der Waals surface area contributed by atoms with Crippen LogP contribution in [-0.2, 0) is 0 Å². The smallest absolute Gasteiger partial charge is 0.335 e. The summed E-state index contributed by atoms with van der Waals surface area (Å²) in [6, 6.07) is 11.9. The minimum atomic E-state index is -1.10. The summed E-state index contributed by atoms with van der Waals surface area (Å²) in [7, 11) is 0. The van der Waals surface area contributed by atoms with E-state index in [4.69, 9.17) is 27.9 Å². The van der Waals surface area contributed by atoms with Crippen molar-refractivity contribution in [1.82, 2.24) is 0 Å². The molecule has 0 radical (unpaired) electrons. The monoisotopic (exact) mass is 400 g/mol. The number of hydrogen-bond donors (Lipinski definition) is 1. The first-order chi connectivity index (χ1) is 12.9. The van der Waals surface area contributed by atoms with Crippen molar-refractivity contribution in [1.29, 1.82) is 0 Å². The van der Waals surface area contributed by atoms with Gasteiger partial charge in [0.05, 0.1) is 5.56 Å². The standard InChI is InChI=1S/C20H12Cl2O5/c21-13-5-11-17(7-15(13)23)27-18-8-16(24)14(22)6-12(18)19(11)9-3-1-2-4-10(9)20(25)26/h1-8,19,23-24H,(H,25,26)/p-2. The summed E-state index contributed by atoms with van der Waals surface area (Å²) in [6.07, 6.45) is 0. The van der Waals surface area contributed by atoms with Gasteiger partial charge in [-0.05, 0) is 35.9 Å². The molecule has 0 aliphatic carbocycles. The quantitative estimate of drug-likeness (QED) is 0.545. The zero-order valence-electron chi connectivity index (χ0n) is 13.5. The van der Waals surface area contributed by atoms with E-state index in [1.165, 1.54) is 30.3 Å². The molecule has 3 aromatic carbocycles. The van der Waals surface area contributed by atoms with Crippen LogP contribution in [0.4, 0.5) is 0 Å². The second-order valence-corrected chi connectivity index (χ2v) is 6.88. The highest BCUT2D eigenvalue weighted by atomic mass is 35.5. The minimum absolute atomic E-state index is 0.00912. The maximum absolute atomic E-state index is 12.0. The van der Waals surface area contributed by atoms with Gasteiger partial charge in [-0.15, -0.1) is 0 Å². The van der Waals surface area contributed by atoms with Crippen LogP contribution < -0.4 is 14.9 Å². The first-order valence-electron chi connectivity index (χ1n) is 7.87. The van der Waals surface area contributed by atoms with Gasteiger partial charge in [-0.25, -0.2) is 4.79 Å². The Morgan fingerprint density at radius 1 is 0.889 bits per heavy atom. The molecule has 1 heterocycles. The van der Waals surface area contributed by atoms with Crippen LogP contribution in [0.25, 0.3) is 0 Å². The van der Waals surface area contributed by atoms with E-state index in [1.54, 1.807) is 18.2 Å². The molecule has 136 valence electrons. The van der Waals surface area contributed by atoms with E-state index < -0.39 is 23.4 Å². The fraction of sp³-hybridized carbons (Fsp3) is 0.0500. The molecule has 1 aliphatic heterocycles. The Morgan fingerprint density at radius 2 is 1.41 bits per heavy atom. The number of hydrogen-bond acceptors (Lipinski definition) is 4. The van der Waals surface area contributed by atoms with Gasteiger partial charge in [0.25, 0.3) is 0 Å². The highest BCUT2D eigenvalue weighted by molar-refractivity contribution is 6.32. The van der Waals surface area contributed by atoms with E-state index in [0.29, 0.717) is 16.7 Å². The number of ether oxygens (including phenoxy) is 1. The maximum atomic E-state index is 12.0. The van der Waals surface area contributed by atoms with Crippen LogP contribution in [0.5, 0.6) is 23.0 Å². The van der Waals surface area contributed by atoms with Crippen LogP contribution >= 0.6 is 23.2 Å². The number of benzene rings is 3. The third-order valence-electron chi connectivity index (χ3n) is 4.47. The first kappa shape index (κ1) is 17.5. The van der Waals surface area contributed by atoms with Crippen LogP contribution in [0.3, 0.4) is 0 Å². The van der Waals surface area contributed by atoms with Gasteiger partial charge in [-0.1, -0.05) is 52.9 Å². The Hall–Kier alpha value is -2.89. The number of carboxylic acid groups (broad SMARTS) is 1. The molecule has 0 fully saturated rings. The molecule has 0 atom stereocenters. The van der Waals surface area contributed by atoms with Crippen LogP contribution in [0.15, 0.2) is 48.5 Å². The minimum Gasteiger partial charge on any atom is -0.871 e. The summed E-state index contributed by atoms with van der Waals surface area (Å²) >= 11 is 12.0. The topological polar surface area (TPSA) is 92.7 Å². The lowest BCUT2D eigenvalue weighted by atomic mass is 9.80. The summed E-state index contributed by atoms with van der Waals surface area (Å²) in [5.41, 5.74) is 1.61. The number of halogens is 2. The molecule has 0 aromatic heterocycles. The molecule has 0 spiro atoms. The number of carboxylic acids is 1. The molecular weight excluding hydrogens is 391 g/mol. The Bertz CT molecular complexity index is 1040. The van der Waals surface area contributed by atoms with Gasteiger partial charge in [-0.2, -0.15) is 0 Å². The number of aromatic carboxylic acids is 1. The van der Waals surface area contributed by atoms with Gasteiger partial charge in [0.2, 0.25) is 0 Å². The molecule has 7 heteroatoms. The van der Waals surface area contributed by atoms with Crippen molar-refractivity contribution in [3.63, 3.8) is 0 Å². The van der Waals surface area contributed by atoms with E-state index in [9.17, 15) is 20.1 Å². The molecule has 0 unspecified atom stereocenters. The lowest BCUT2D eigenvalue weighted by Gasteiger charge is -2.32. The molecule has 5 nitrogen and oxygen atoms in total. The van der Waals surface area contributed by atoms with Gasteiger partial charge in [0.15, 0.2) is 0 Å². The lowest BCUT2D eigenvalue weighted by molar-refractivity contribution is -0.268. The van der Waals surface area contributed by atoms with Crippen molar-refractivity contribution in [2.45, 2.75) is 5.92 Å². The SMILES string of the molecule is O=C(O)c1ccccc1C1c2cc(Cl)c([O-])cc2Oc2cc([O-])c(Cl)cc21. The van der Waals surface area contributed by atoms with E-state index in [0.717, 1.165) is 0 Å². The molecule has 3 aromatic rings. The van der Waals surface area contributed by atoms with Crippen molar-refractivity contribution < 1.29 is 24.9 Å². The maximum Gasteiger partial charge on any atom is 0.335 e. The fourth-order valence-electron chi connectivity index (χ4n) is 3.29. The Kier molecular flexibility index (Phi) is 4.13. The Labute approximate surface area is 164 Å². The number of carbonyl (C=O) groups is 1. The zero-order valence-corrected chi connectivity index (χ0v) is 15.0. The average Bonchev–Trinajstić information content (AvgIpc) is 2.63. The third kappa shape index (κ3) is 2.85. The summed E-state index contributed by atoms with van der Waals surface area (Å²) in [5.74, 6) is -2.13. The molecule has 0 amide bonds. The van der Waals surface area contributed by atoms with Crippen LogP contribution in [0.2, 0.25) is 10.0 Å². The van der Waals surface area contributed by atoms with E-state index in [2.05, 4.69) is 0 Å². The lowest BCUT2D eigenvalue weighted by Crippen LogP contribution is -2.16. The van der Waals surface area contributed by atoms with Crippen LogP contribution in [0.1, 0.15) is 33.0 Å². The molecule has 0 saturated carbocycles. The molecule has 4 rings (SSSR count). The predicted molar refractivity (Wildman–Crippen MR) is 96.2 cm³/mol. The van der Waals surface area contributed by atoms with E-state index in [-0.39, 0.29) is 27.1 Å². The van der Waals surface area contributed by atoms with Gasteiger partial charge in [-0.3, -0.25) is 0 Å². The average molecular weight is 401 g/mol. The van der Waals surface area contributed by atoms with Gasteiger partial charge in [0, 0.05) is 27.1 Å². The molecule has 1 aliphatic rings. The van der Waals surface area contributed by atoms with E-state index >= 15 is 0 Å². The molecule has 0 bridgehead atoms. The second kappa shape index (κ2) is 6.37. The van der Waals surface area contributed by atoms with Gasteiger partial charge >= 0.3 is 5.97 Å². The normalized spacial score (nSPS) is 12.8. The van der Waals surface area contributed by atoms with Crippen molar-refractivity contribution >= 4 is 29.2 Å². The summed E-state index contributed by atoms with van der Waals surface area (Å²) in [4.78, 5) is 11.7. The largest absolute Gasteiger partial charge is 0.871 e. The number of fused-ring (bicyclic) bond motifs is 2. The summed E-state index contributed by atoms with van der Waals surface area (Å²) in [5, 5.41) is 33.5. The highest BCUT2D eigenvalue weighted by Gasteiger charge is 2.32. The van der Waals surface area contributed by atoms with Crippen molar-refractivity contribution in [2.75, 3.05) is 0 Å². The molecular formula is C20H10Cl2O5-2. The van der Waals surface area contributed by atoms with Crippen molar-refractivity contribution in [3.05, 3.63) is 80.8 Å². The molecule has 27 heavy (non-hydrogen) atoms. The van der Waals surface area contributed by atoms with Crippen LogP contribution in [-0.4, -0.2) is 11.1 Å². The predicted octanol–water partition coefficient (Wildman–Crippen LogP) is 4.12. The van der Waals surface area contributed by atoms with Crippen molar-refractivity contribution in [2.24, 2.45) is 0 Å². The second-order valence-electron chi connectivity index (χ2n) is 6.07. The Morgan fingerprint density at radius 3 is 1.93 bits per heavy atom. The first-order valence-corrected chi connectivity index (χ1v) is 8.63. The Balaban J connectivity index is 2.05. The highest BCUT2D eigenvalue weighted by Crippen LogP contribution is 2.51. The zero-order chi connectivity index (χ0) is 19.3. The molecule has 0 saturated heterocycles. The number of rotatable bonds is 2. The van der Waals surface area contributed by atoms with Gasteiger partial charge < -0.3 is 20.1 Å². The van der Waals surface area contributed by atoms with Crippen LogP contribution in [0, 0.1) is 0 Å². The summed E-state index contributed by atoms with van der Waals surface area (Å²) in [6.45, 7) is 0. The van der Waals surface area contributed by atoms with Gasteiger partial charge in [0.1, 0.15) is 11.5 Å². The molecule has 1 N–H and O–H groups in total. The third-order valence-corrected chi connectivity index (χ3v) is 5.06. The fourth-order valence-corrected chi connectivity index (χ4v) is 3.64. The van der Waals surface area contributed by atoms with Crippen molar-refractivity contribution in [3.8, 4) is 23.0 Å². The van der Waals surface area contributed by atoms with E-state index in [1.807, 2.05) is 0 Å².